The maximum absolute atomic E-state index is 13.2. The van der Waals surface area contributed by atoms with E-state index in [-0.39, 0.29) is 54.6 Å². The van der Waals surface area contributed by atoms with Crippen molar-refractivity contribution >= 4 is 35.4 Å². The molecule has 0 bridgehead atoms. The lowest BCUT2D eigenvalue weighted by Crippen LogP contribution is -2.54. The highest BCUT2D eigenvalue weighted by molar-refractivity contribution is 6.00. The molecule has 0 fully saturated rings. The van der Waals surface area contributed by atoms with E-state index in [0.717, 1.165) is 0 Å². The third-order valence-corrected chi connectivity index (χ3v) is 5.55. The molecule has 12 heteroatoms. The molecular formula is C26H42N6O6. The monoisotopic (exact) mass is 534 g/mol. The van der Waals surface area contributed by atoms with Gasteiger partial charge in [-0.3, -0.25) is 19.2 Å². The number of primary amides is 2. The van der Waals surface area contributed by atoms with E-state index in [9.17, 15) is 24.0 Å². The van der Waals surface area contributed by atoms with Crippen molar-refractivity contribution in [1.29, 1.82) is 0 Å². The van der Waals surface area contributed by atoms with E-state index in [0.29, 0.717) is 12.0 Å². The molecule has 1 rings (SSSR count). The van der Waals surface area contributed by atoms with E-state index >= 15 is 0 Å². The zero-order valence-corrected chi connectivity index (χ0v) is 23.1. The molecule has 0 aliphatic heterocycles. The Bertz CT molecular complexity index is 994. The van der Waals surface area contributed by atoms with Crippen LogP contribution in [0.4, 0.5) is 10.5 Å². The lowest BCUT2D eigenvalue weighted by molar-refractivity contribution is -0.148. The van der Waals surface area contributed by atoms with Gasteiger partial charge in [0.15, 0.2) is 0 Å². The molecule has 0 spiro atoms. The second-order valence-corrected chi connectivity index (χ2v) is 10.0. The minimum Gasteiger partial charge on any atom is -0.461 e. The number of urea groups is 1. The van der Waals surface area contributed by atoms with Gasteiger partial charge in [0, 0.05) is 29.4 Å². The number of benzene rings is 1. The Balaban J connectivity index is 3.09. The van der Waals surface area contributed by atoms with Crippen LogP contribution in [0.2, 0.25) is 0 Å². The Morgan fingerprint density at radius 2 is 1.61 bits per heavy atom. The molecule has 0 saturated heterocycles. The van der Waals surface area contributed by atoms with E-state index in [2.05, 4.69) is 21.3 Å². The number of ether oxygens (including phenoxy) is 1. The average molecular weight is 535 g/mol. The Hall–Kier alpha value is -3.67. The summed E-state index contributed by atoms with van der Waals surface area (Å²) in [7, 11) is 0. The normalized spacial score (nSPS) is 12.7. The summed E-state index contributed by atoms with van der Waals surface area (Å²) in [5, 5.41) is 11.2. The van der Waals surface area contributed by atoms with Crippen LogP contribution in [-0.2, 0) is 25.7 Å². The fraction of sp³-hybridized carbons (Fsp3) is 0.577. The molecule has 12 nitrogen and oxygen atoms in total. The number of nitrogens with two attached hydrogens (primary N) is 2. The van der Waals surface area contributed by atoms with Gasteiger partial charge in [0.05, 0.1) is 12.0 Å². The number of esters is 1. The highest BCUT2D eigenvalue weighted by Crippen LogP contribution is 2.18. The maximum atomic E-state index is 13.2. The Morgan fingerprint density at radius 3 is 2.13 bits per heavy atom. The molecule has 1 aromatic rings. The molecule has 0 radical (unpaired) electrons. The van der Waals surface area contributed by atoms with Crippen LogP contribution in [0.1, 0.15) is 70.3 Å². The summed E-state index contributed by atoms with van der Waals surface area (Å²) in [6.45, 7) is 11.1. The Morgan fingerprint density at radius 1 is 0.947 bits per heavy atom. The first-order valence-corrected chi connectivity index (χ1v) is 12.7. The fourth-order valence-corrected chi connectivity index (χ4v) is 3.53. The van der Waals surface area contributed by atoms with Crippen molar-refractivity contribution in [3.8, 4) is 0 Å². The van der Waals surface area contributed by atoms with Gasteiger partial charge in [0.2, 0.25) is 17.7 Å². The number of anilines is 1. The van der Waals surface area contributed by atoms with Gasteiger partial charge in [-0.05, 0) is 30.9 Å². The molecule has 0 aliphatic rings. The van der Waals surface area contributed by atoms with Gasteiger partial charge in [-0.2, -0.15) is 0 Å². The van der Waals surface area contributed by atoms with Crippen LogP contribution in [0.5, 0.6) is 0 Å². The average Bonchev–Trinajstić information content (AvgIpc) is 2.82. The first kappa shape index (κ1) is 32.4. The van der Waals surface area contributed by atoms with Crippen LogP contribution in [0.25, 0.3) is 0 Å². The standard InChI is InChI=1S/C26H42N6O6/c1-14(2)21(30-16(5)6)24(35)32-20(8-7-11-29-26(28)37)23(34)31-18-10-9-17(19(12-18)22(27)33)13-38-25(36)15(3)4/h9-10,12,14-16,20-21,30H,7-8,11,13H2,1-6H3,(H2,27,33)(H,31,34)(H,32,35)(H3,28,29,37)/t20-,21+/m0/s1. The number of carbonyl (C=O) groups is 5. The zero-order chi connectivity index (χ0) is 29.0. The van der Waals surface area contributed by atoms with Gasteiger partial charge in [-0.15, -0.1) is 0 Å². The number of amides is 5. The third-order valence-electron chi connectivity index (χ3n) is 5.55. The van der Waals surface area contributed by atoms with Gasteiger partial charge in [0.25, 0.3) is 0 Å². The number of nitrogens with one attached hydrogen (secondary N) is 4. The van der Waals surface area contributed by atoms with Crippen molar-refractivity contribution in [2.75, 3.05) is 11.9 Å². The van der Waals surface area contributed by atoms with Gasteiger partial charge in [0.1, 0.15) is 12.6 Å². The van der Waals surface area contributed by atoms with Crippen molar-refractivity contribution < 1.29 is 28.7 Å². The van der Waals surface area contributed by atoms with E-state index in [4.69, 9.17) is 16.2 Å². The molecule has 0 aliphatic carbocycles. The molecular weight excluding hydrogens is 492 g/mol. The second-order valence-electron chi connectivity index (χ2n) is 10.0. The molecule has 5 amide bonds. The van der Waals surface area contributed by atoms with Crippen LogP contribution >= 0.6 is 0 Å². The van der Waals surface area contributed by atoms with Crippen molar-refractivity contribution in [2.45, 2.75) is 79.1 Å². The van der Waals surface area contributed by atoms with Gasteiger partial charge in [-0.25, -0.2) is 4.79 Å². The molecule has 0 aromatic heterocycles. The predicted molar refractivity (Wildman–Crippen MR) is 144 cm³/mol. The van der Waals surface area contributed by atoms with Crippen molar-refractivity contribution in [2.24, 2.45) is 23.3 Å². The minimum atomic E-state index is -0.934. The van der Waals surface area contributed by atoms with Crippen molar-refractivity contribution in [1.82, 2.24) is 16.0 Å². The van der Waals surface area contributed by atoms with Crippen LogP contribution < -0.4 is 32.7 Å². The predicted octanol–water partition coefficient (Wildman–Crippen LogP) is 1.38. The lowest BCUT2D eigenvalue weighted by atomic mass is 10.0. The number of carbonyl (C=O) groups excluding carboxylic acids is 5. The van der Waals surface area contributed by atoms with Crippen LogP contribution in [0.15, 0.2) is 18.2 Å². The Labute approximate surface area is 224 Å². The van der Waals surface area contributed by atoms with Gasteiger partial charge < -0.3 is 37.5 Å². The number of hydrogen-bond donors (Lipinski definition) is 6. The minimum absolute atomic E-state index is 0.0342. The molecule has 212 valence electrons. The summed E-state index contributed by atoms with van der Waals surface area (Å²) >= 11 is 0. The number of hydrogen-bond acceptors (Lipinski definition) is 7. The van der Waals surface area contributed by atoms with Gasteiger partial charge in [-0.1, -0.05) is 47.6 Å². The van der Waals surface area contributed by atoms with Crippen LogP contribution in [-0.4, -0.2) is 54.4 Å². The summed E-state index contributed by atoms with van der Waals surface area (Å²) in [6.07, 6.45) is 0.591. The summed E-state index contributed by atoms with van der Waals surface area (Å²) in [5.74, 6) is -2.39. The molecule has 8 N–H and O–H groups in total. The summed E-state index contributed by atoms with van der Waals surface area (Å²) in [6, 6.07) is 2.38. The number of rotatable bonds is 15. The summed E-state index contributed by atoms with van der Waals surface area (Å²) in [5.41, 5.74) is 11.4. The SMILES string of the molecule is CC(C)N[C@@H](C(=O)N[C@@H](CCCNC(N)=O)C(=O)Nc1ccc(COC(=O)C(C)C)c(C(N)=O)c1)C(C)C. The largest absolute Gasteiger partial charge is 0.461 e. The Kier molecular flexibility index (Phi) is 13.2. The molecule has 38 heavy (non-hydrogen) atoms. The van der Waals surface area contributed by atoms with E-state index < -0.39 is 35.9 Å². The van der Waals surface area contributed by atoms with Gasteiger partial charge >= 0.3 is 12.0 Å². The van der Waals surface area contributed by atoms with E-state index in [1.165, 1.54) is 12.1 Å². The summed E-state index contributed by atoms with van der Waals surface area (Å²) in [4.78, 5) is 61.1. The smallest absolute Gasteiger partial charge is 0.312 e. The van der Waals surface area contributed by atoms with Crippen LogP contribution in [0, 0.1) is 11.8 Å². The highest BCUT2D eigenvalue weighted by Gasteiger charge is 2.28. The van der Waals surface area contributed by atoms with Crippen molar-refractivity contribution in [3.63, 3.8) is 0 Å². The first-order valence-electron chi connectivity index (χ1n) is 12.7. The molecule has 1 aromatic carbocycles. The van der Waals surface area contributed by atoms with E-state index in [1.807, 2.05) is 27.7 Å². The van der Waals surface area contributed by atoms with Crippen molar-refractivity contribution in [3.05, 3.63) is 29.3 Å². The molecule has 0 heterocycles. The quantitative estimate of drug-likeness (QED) is 0.144. The third kappa shape index (κ3) is 11.2. The van der Waals surface area contributed by atoms with E-state index in [1.54, 1.807) is 19.9 Å². The summed E-state index contributed by atoms with van der Waals surface area (Å²) < 4.78 is 5.20. The lowest BCUT2D eigenvalue weighted by Gasteiger charge is -2.27. The molecule has 0 saturated carbocycles. The first-order chi connectivity index (χ1) is 17.7. The second kappa shape index (κ2) is 15.6. The molecule has 2 atom stereocenters. The zero-order valence-electron chi connectivity index (χ0n) is 23.1. The highest BCUT2D eigenvalue weighted by atomic mass is 16.5. The maximum Gasteiger partial charge on any atom is 0.312 e. The fourth-order valence-electron chi connectivity index (χ4n) is 3.53. The topological polar surface area (TPSA) is 195 Å². The molecule has 0 unspecified atom stereocenters. The van der Waals surface area contributed by atoms with Crippen LogP contribution in [0.3, 0.4) is 0 Å².